The molecule has 1 aromatic heterocycles. The number of allylic oxidation sites excluding steroid dienone is 3. The molecule has 7 atom stereocenters. The smallest absolute Gasteiger partial charge is 0.410 e. The number of aliphatic hydroxyl groups is 2. The van der Waals surface area contributed by atoms with Crippen LogP contribution in [0.1, 0.15) is 104 Å². The Labute approximate surface area is 281 Å². The maximum Gasteiger partial charge on any atom is 0.410 e. The lowest BCUT2D eigenvalue weighted by molar-refractivity contribution is -0.151. The average molecular weight is 652 g/mol. The Balaban J connectivity index is 1.47. The quantitative estimate of drug-likeness (QED) is 0.159. The van der Waals surface area contributed by atoms with Gasteiger partial charge in [0.2, 0.25) is 0 Å². The largest absolute Gasteiger partial charge is 0.457 e. The van der Waals surface area contributed by atoms with Crippen molar-refractivity contribution in [3.63, 3.8) is 0 Å². The van der Waals surface area contributed by atoms with Crippen molar-refractivity contribution in [1.82, 2.24) is 14.8 Å². The van der Waals surface area contributed by atoms with Crippen molar-refractivity contribution < 1.29 is 29.3 Å². The van der Waals surface area contributed by atoms with Gasteiger partial charge in [0.1, 0.15) is 11.7 Å². The van der Waals surface area contributed by atoms with E-state index < -0.39 is 36.0 Å². The molecule has 3 aliphatic rings. The number of rotatable bonds is 6. The number of piperazine rings is 1. The summed E-state index contributed by atoms with van der Waals surface area (Å²) in [6.07, 6.45) is 16.0. The van der Waals surface area contributed by atoms with Gasteiger partial charge in [-0.25, -0.2) is 4.79 Å². The van der Waals surface area contributed by atoms with Gasteiger partial charge in [-0.3, -0.25) is 14.7 Å². The zero-order chi connectivity index (χ0) is 34.0. The minimum atomic E-state index is -1.45. The summed E-state index contributed by atoms with van der Waals surface area (Å²) in [6.45, 7) is 11.7. The van der Waals surface area contributed by atoms with Crippen LogP contribution in [0.4, 0.5) is 4.79 Å². The molecule has 260 valence electrons. The number of nitrogens with zero attached hydrogens (tertiary/aromatic N) is 3. The fraction of sp³-hybridized carbons (Fsp3) is 0.658. The fourth-order valence-corrected chi connectivity index (χ4v) is 7.12. The van der Waals surface area contributed by atoms with Gasteiger partial charge in [-0.15, -0.1) is 0 Å². The Bertz CT molecular complexity index is 1240. The highest BCUT2D eigenvalue weighted by Gasteiger charge is 2.38. The van der Waals surface area contributed by atoms with Crippen LogP contribution in [-0.2, 0) is 14.3 Å². The standard InChI is InChI=1S/C38H57N3O6/c1-27(33-17-10-11-22-39-33)13-12-14-28(2)36-29(3)18-19-34(38(5,45)21-20-32(42)25-35(43)47-36)46-37(44)40-23-24-41(30(4)26-40)31-15-8-6-7-9-16-31/h10-14,17-19,22,27,29-32,34,36,42,45H,6-9,15-16,20-21,23-26H2,1-5H3/b13-12+,19-18-,28-14+/t27-,29+,30?,32-,34+,36-,38-/m1/s1. The van der Waals surface area contributed by atoms with Crippen molar-refractivity contribution in [3.05, 3.63) is 66.0 Å². The number of hydrogen-bond donors (Lipinski definition) is 2. The predicted octanol–water partition coefficient (Wildman–Crippen LogP) is 6.32. The Hall–Kier alpha value is -3.01. The molecule has 0 aromatic carbocycles. The summed E-state index contributed by atoms with van der Waals surface area (Å²) in [5, 5.41) is 22.2. The molecule has 47 heavy (non-hydrogen) atoms. The third kappa shape index (κ3) is 10.7. The summed E-state index contributed by atoms with van der Waals surface area (Å²) >= 11 is 0. The molecule has 2 fully saturated rings. The normalized spacial score (nSPS) is 32.5. The number of aromatic nitrogens is 1. The van der Waals surface area contributed by atoms with E-state index in [4.69, 9.17) is 9.47 Å². The van der Waals surface area contributed by atoms with Gasteiger partial charge in [0.05, 0.1) is 12.5 Å². The third-order valence-electron chi connectivity index (χ3n) is 10.1. The molecule has 0 radical (unpaired) electrons. The molecule has 0 bridgehead atoms. The van der Waals surface area contributed by atoms with Crippen molar-refractivity contribution in [1.29, 1.82) is 0 Å². The van der Waals surface area contributed by atoms with E-state index in [-0.39, 0.29) is 37.1 Å². The fourth-order valence-electron chi connectivity index (χ4n) is 7.12. The molecule has 2 aliphatic heterocycles. The van der Waals surface area contributed by atoms with Gasteiger partial charge in [0, 0.05) is 55.4 Å². The molecule has 0 spiro atoms. The monoisotopic (exact) mass is 651 g/mol. The topological polar surface area (TPSA) is 112 Å². The van der Waals surface area contributed by atoms with Crippen LogP contribution < -0.4 is 0 Å². The summed E-state index contributed by atoms with van der Waals surface area (Å²) in [7, 11) is 0. The van der Waals surface area contributed by atoms with Gasteiger partial charge in [-0.1, -0.05) is 69.9 Å². The van der Waals surface area contributed by atoms with Gasteiger partial charge >= 0.3 is 12.1 Å². The minimum Gasteiger partial charge on any atom is -0.457 e. The highest BCUT2D eigenvalue weighted by Crippen LogP contribution is 2.29. The number of carbonyl (C=O) groups excluding carboxylic acids is 2. The molecule has 1 saturated heterocycles. The number of pyridine rings is 1. The van der Waals surface area contributed by atoms with E-state index >= 15 is 0 Å². The molecule has 9 nitrogen and oxygen atoms in total. The van der Waals surface area contributed by atoms with Crippen LogP contribution >= 0.6 is 0 Å². The second-order valence-electron chi connectivity index (χ2n) is 14.2. The number of cyclic esters (lactones) is 1. The molecule has 3 heterocycles. The van der Waals surface area contributed by atoms with Crippen LogP contribution in [0.25, 0.3) is 0 Å². The molecule has 1 saturated carbocycles. The van der Waals surface area contributed by atoms with Crippen molar-refractivity contribution >= 4 is 12.1 Å². The van der Waals surface area contributed by atoms with Gasteiger partial charge in [0.15, 0.2) is 6.10 Å². The van der Waals surface area contributed by atoms with Crippen LogP contribution in [0.15, 0.2) is 60.3 Å². The molecule has 1 amide bonds. The average Bonchev–Trinajstić information content (AvgIpc) is 3.33. The maximum atomic E-state index is 13.5. The van der Waals surface area contributed by atoms with Gasteiger partial charge < -0.3 is 24.6 Å². The number of esters is 1. The van der Waals surface area contributed by atoms with Crippen LogP contribution in [0.5, 0.6) is 0 Å². The Morgan fingerprint density at radius 2 is 1.87 bits per heavy atom. The summed E-state index contributed by atoms with van der Waals surface area (Å²) in [6, 6.07) is 6.64. The number of carbonyl (C=O) groups is 2. The van der Waals surface area contributed by atoms with E-state index in [0.29, 0.717) is 19.1 Å². The van der Waals surface area contributed by atoms with Crippen molar-refractivity contribution in [2.24, 2.45) is 5.92 Å². The van der Waals surface area contributed by atoms with Crippen LogP contribution in [0.2, 0.25) is 0 Å². The molecule has 4 rings (SSSR count). The Kier molecular flexibility index (Phi) is 13.6. The number of aliphatic hydroxyl groups excluding tert-OH is 1. The SMILES string of the molecule is C/C(=C\C=C\[C@@H](C)c1ccccn1)[C@H]1OC(=O)C[C@H](O)CC[C@@](C)(O)[C@@H](OC(=O)N2CCN(C3CCCCCC3)C(C)C2)/C=C\[C@@H]1C. The third-order valence-corrected chi connectivity index (χ3v) is 10.1. The molecule has 1 aromatic rings. The van der Waals surface area contributed by atoms with E-state index in [1.807, 2.05) is 56.4 Å². The Morgan fingerprint density at radius 1 is 1.13 bits per heavy atom. The molecule has 2 N–H and O–H groups in total. The molecule has 9 heteroatoms. The number of hydrogen-bond acceptors (Lipinski definition) is 8. The molecule has 1 unspecified atom stereocenters. The zero-order valence-corrected chi connectivity index (χ0v) is 29.1. The predicted molar refractivity (Wildman–Crippen MR) is 184 cm³/mol. The zero-order valence-electron chi connectivity index (χ0n) is 29.1. The summed E-state index contributed by atoms with van der Waals surface area (Å²) in [4.78, 5) is 35.1. The maximum absolute atomic E-state index is 13.5. The lowest BCUT2D eigenvalue weighted by atomic mass is 9.88. The number of ether oxygens (including phenoxy) is 2. The van der Waals surface area contributed by atoms with E-state index in [9.17, 15) is 19.8 Å². The van der Waals surface area contributed by atoms with E-state index in [1.54, 1.807) is 24.1 Å². The first kappa shape index (κ1) is 36.8. The summed E-state index contributed by atoms with van der Waals surface area (Å²) < 4.78 is 11.9. The van der Waals surface area contributed by atoms with Crippen LogP contribution in [0.3, 0.4) is 0 Å². The van der Waals surface area contributed by atoms with Crippen LogP contribution in [-0.4, -0.2) is 92.7 Å². The lowest BCUT2D eigenvalue weighted by Crippen LogP contribution is -2.57. The van der Waals surface area contributed by atoms with Crippen molar-refractivity contribution in [3.8, 4) is 0 Å². The highest BCUT2D eigenvalue weighted by molar-refractivity contribution is 5.70. The molecular formula is C38H57N3O6. The Morgan fingerprint density at radius 3 is 2.55 bits per heavy atom. The van der Waals surface area contributed by atoms with Gasteiger partial charge in [0.25, 0.3) is 0 Å². The molecule has 1 aliphatic carbocycles. The second-order valence-corrected chi connectivity index (χ2v) is 14.2. The summed E-state index contributed by atoms with van der Waals surface area (Å²) in [5.41, 5.74) is 0.336. The number of amides is 1. The minimum absolute atomic E-state index is 0.104. The first-order valence-corrected chi connectivity index (χ1v) is 17.7. The van der Waals surface area contributed by atoms with Crippen molar-refractivity contribution in [2.45, 2.75) is 134 Å². The van der Waals surface area contributed by atoms with E-state index in [2.05, 4.69) is 23.7 Å². The van der Waals surface area contributed by atoms with E-state index in [0.717, 1.165) is 17.8 Å². The van der Waals surface area contributed by atoms with Crippen molar-refractivity contribution in [2.75, 3.05) is 19.6 Å². The molecular weight excluding hydrogens is 594 g/mol. The highest BCUT2D eigenvalue weighted by atomic mass is 16.6. The lowest BCUT2D eigenvalue weighted by Gasteiger charge is -2.44. The first-order chi connectivity index (χ1) is 22.4. The first-order valence-electron chi connectivity index (χ1n) is 17.7. The van der Waals surface area contributed by atoms with Crippen LogP contribution in [0, 0.1) is 5.92 Å². The van der Waals surface area contributed by atoms with E-state index in [1.165, 1.54) is 38.5 Å². The van der Waals surface area contributed by atoms with Gasteiger partial charge in [-0.2, -0.15) is 0 Å². The van der Waals surface area contributed by atoms with Gasteiger partial charge in [-0.05, 0) is 70.2 Å². The summed E-state index contributed by atoms with van der Waals surface area (Å²) in [5.74, 6) is -0.692. The second kappa shape index (κ2) is 17.4.